The SMILES string of the molecule is CC(=O)N[C@@H](C=O)[C@@H](OC(=O)c1ccccc1)[C@H](O)[C@H](O)CO. The molecule has 0 aliphatic rings. The van der Waals surface area contributed by atoms with Crippen LogP contribution in [0.2, 0.25) is 0 Å². The van der Waals surface area contributed by atoms with Gasteiger partial charge in [0.05, 0.1) is 12.2 Å². The van der Waals surface area contributed by atoms with E-state index < -0.39 is 42.8 Å². The highest BCUT2D eigenvalue weighted by atomic mass is 16.6. The van der Waals surface area contributed by atoms with Gasteiger partial charge in [-0.1, -0.05) is 18.2 Å². The lowest BCUT2D eigenvalue weighted by Crippen LogP contribution is -2.55. The maximum atomic E-state index is 12.1. The highest BCUT2D eigenvalue weighted by molar-refractivity contribution is 5.89. The van der Waals surface area contributed by atoms with Crippen molar-refractivity contribution in [2.45, 2.75) is 31.3 Å². The summed E-state index contributed by atoms with van der Waals surface area (Å²) in [7, 11) is 0. The Morgan fingerprint density at radius 3 is 2.35 bits per heavy atom. The monoisotopic (exact) mass is 325 g/mol. The van der Waals surface area contributed by atoms with Gasteiger partial charge in [-0.05, 0) is 12.1 Å². The van der Waals surface area contributed by atoms with Gasteiger partial charge in [-0.2, -0.15) is 0 Å². The predicted octanol–water partition coefficient (Wildman–Crippen LogP) is -1.37. The van der Waals surface area contributed by atoms with Gasteiger partial charge in [0.2, 0.25) is 5.91 Å². The Hall–Kier alpha value is -2.29. The molecule has 8 nitrogen and oxygen atoms in total. The first-order valence-corrected chi connectivity index (χ1v) is 6.86. The van der Waals surface area contributed by atoms with Crippen LogP contribution in [0.15, 0.2) is 30.3 Å². The smallest absolute Gasteiger partial charge is 0.338 e. The molecule has 0 aromatic heterocycles. The average molecular weight is 325 g/mol. The van der Waals surface area contributed by atoms with Crippen molar-refractivity contribution in [3.05, 3.63) is 35.9 Å². The van der Waals surface area contributed by atoms with E-state index in [1.54, 1.807) is 18.2 Å². The number of carbonyl (C=O) groups excluding carboxylic acids is 3. The third-order valence-electron chi connectivity index (χ3n) is 3.04. The van der Waals surface area contributed by atoms with Gasteiger partial charge in [-0.25, -0.2) is 4.79 Å². The quantitative estimate of drug-likeness (QED) is 0.342. The molecule has 1 rings (SSSR count). The van der Waals surface area contributed by atoms with Gasteiger partial charge in [0.25, 0.3) is 0 Å². The molecule has 0 unspecified atom stereocenters. The molecule has 0 spiro atoms. The molecule has 0 saturated carbocycles. The first kappa shape index (κ1) is 18.8. The lowest BCUT2D eigenvalue weighted by atomic mass is 10.0. The summed E-state index contributed by atoms with van der Waals surface area (Å²) in [6.45, 7) is 0.327. The van der Waals surface area contributed by atoms with Crippen molar-refractivity contribution < 1.29 is 34.4 Å². The van der Waals surface area contributed by atoms with E-state index in [-0.39, 0.29) is 11.8 Å². The highest BCUT2D eigenvalue weighted by Crippen LogP contribution is 2.12. The lowest BCUT2D eigenvalue weighted by molar-refractivity contribution is -0.130. The predicted molar refractivity (Wildman–Crippen MR) is 78.4 cm³/mol. The average Bonchev–Trinajstić information content (AvgIpc) is 2.56. The summed E-state index contributed by atoms with van der Waals surface area (Å²) in [6, 6.07) is 6.41. The summed E-state index contributed by atoms with van der Waals surface area (Å²) in [4.78, 5) is 34.4. The van der Waals surface area contributed by atoms with Gasteiger partial charge in [-0.3, -0.25) is 4.79 Å². The van der Waals surface area contributed by atoms with E-state index in [1.165, 1.54) is 12.1 Å². The summed E-state index contributed by atoms with van der Waals surface area (Å²) in [5.74, 6) is -1.44. The number of amides is 1. The zero-order valence-corrected chi connectivity index (χ0v) is 12.5. The number of hydrogen-bond acceptors (Lipinski definition) is 7. The number of esters is 1. The third kappa shape index (κ3) is 5.44. The van der Waals surface area contributed by atoms with E-state index in [4.69, 9.17) is 9.84 Å². The van der Waals surface area contributed by atoms with Crippen LogP contribution in [0.5, 0.6) is 0 Å². The Balaban J connectivity index is 3.00. The zero-order chi connectivity index (χ0) is 17.4. The maximum Gasteiger partial charge on any atom is 0.338 e. The number of rotatable bonds is 8. The molecule has 1 aromatic rings. The fraction of sp³-hybridized carbons (Fsp3) is 0.400. The number of carbonyl (C=O) groups is 3. The van der Waals surface area contributed by atoms with Crippen molar-refractivity contribution in [3.8, 4) is 0 Å². The molecular weight excluding hydrogens is 306 g/mol. The van der Waals surface area contributed by atoms with Crippen LogP contribution in [0.3, 0.4) is 0 Å². The molecule has 0 heterocycles. The Kier molecular flexibility index (Phi) is 7.33. The Morgan fingerprint density at radius 1 is 1.26 bits per heavy atom. The molecule has 126 valence electrons. The second-order valence-electron chi connectivity index (χ2n) is 4.84. The first-order valence-electron chi connectivity index (χ1n) is 6.86. The van der Waals surface area contributed by atoms with Crippen LogP contribution in [0, 0.1) is 0 Å². The van der Waals surface area contributed by atoms with Crippen LogP contribution in [0.1, 0.15) is 17.3 Å². The van der Waals surface area contributed by atoms with E-state index in [9.17, 15) is 24.6 Å². The Morgan fingerprint density at radius 2 is 1.87 bits per heavy atom. The highest BCUT2D eigenvalue weighted by Gasteiger charge is 2.36. The number of aliphatic hydroxyl groups is 3. The standard InChI is InChI=1S/C15H19NO7/c1-9(19)16-11(7-17)14(13(21)12(20)8-18)23-15(22)10-5-3-2-4-6-10/h2-7,11-14,18,20-21H,8H2,1H3,(H,16,19)/t11-,12+,13+,14+/m0/s1. The van der Waals surface area contributed by atoms with Crippen LogP contribution in [0.25, 0.3) is 0 Å². The molecule has 0 aliphatic heterocycles. The molecule has 0 fully saturated rings. The lowest BCUT2D eigenvalue weighted by Gasteiger charge is -2.29. The van der Waals surface area contributed by atoms with Gasteiger partial charge >= 0.3 is 5.97 Å². The molecule has 0 aliphatic carbocycles. The number of nitrogens with one attached hydrogen (secondary N) is 1. The molecule has 23 heavy (non-hydrogen) atoms. The molecule has 4 N–H and O–H groups in total. The molecule has 0 saturated heterocycles. The number of ether oxygens (including phenoxy) is 1. The van der Waals surface area contributed by atoms with E-state index in [1.807, 2.05) is 0 Å². The summed E-state index contributed by atoms with van der Waals surface area (Å²) in [6.07, 6.45) is -4.71. The van der Waals surface area contributed by atoms with Crippen molar-refractivity contribution in [1.29, 1.82) is 0 Å². The van der Waals surface area contributed by atoms with Gasteiger partial charge in [0.1, 0.15) is 24.5 Å². The maximum absolute atomic E-state index is 12.1. The normalized spacial score (nSPS) is 15.8. The minimum atomic E-state index is -1.77. The largest absolute Gasteiger partial charge is 0.453 e. The topological polar surface area (TPSA) is 133 Å². The second-order valence-corrected chi connectivity index (χ2v) is 4.84. The molecular formula is C15H19NO7. The Bertz CT molecular complexity index is 534. The van der Waals surface area contributed by atoms with Gasteiger partial charge in [-0.15, -0.1) is 0 Å². The number of aliphatic hydroxyl groups excluding tert-OH is 3. The van der Waals surface area contributed by atoms with Crippen molar-refractivity contribution in [2.75, 3.05) is 6.61 Å². The van der Waals surface area contributed by atoms with Crippen LogP contribution < -0.4 is 5.32 Å². The van der Waals surface area contributed by atoms with Crippen LogP contribution in [-0.4, -0.2) is 64.4 Å². The fourth-order valence-corrected chi connectivity index (χ4v) is 1.88. The molecule has 8 heteroatoms. The van der Waals surface area contributed by atoms with Crippen molar-refractivity contribution in [2.24, 2.45) is 0 Å². The Labute approximate surface area is 132 Å². The van der Waals surface area contributed by atoms with Gasteiger partial charge in [0, 0.05) is 6.92 Å². The molecule has 0 bridgehead atoms. The zero-order valence-electron chi connectivity index (χ0n) is 12.5. The minimum Gasteiger partial charge on any atom is -0.453 e. The van der Waals surface area contributed by atoms with Crippen molar-refractivity contribution in [3.63, 3.8) is 0 Å². The summed E-state index contributed by atoms with van der Waals surface area (Å²) < 4.78 is 5.07. The van der Waals surface area contributed by atoms with Crippen molar-refractivity contribution >= 4 is 18.2 Å². The van der Waals surface area contributed by atoms with E-state index in [0.717, 1.165) is 6.92 Å². The molecule has 1 amide bonds. The minimum absolute atomic E-state index is 0.163. The third-order valence-corrected chi connectivity index (χ3v) is 3.04. The number of hydrogen-bond donors (Lipinski definition) is 4. The van der Waals surface area contributed by atoms with Crippen molar-refractivity contribution in [1.82, 2.24) is 5.32 Å². The van der Waals surface area contributed by atoms with Gasteiger partial charge in [0.15, 0.2) is 6.10 Å². The molecule has 0 radical (unpaired) electrons. The van der Waals surface area contributed by atoms with Crippen LogP contribution in [-0.2, 0) is 14.3 Å². The van der Waals surface area contributed by atoms with Crippen LogP contribution in [0.4, 0.5) is 0 Å². The summed E-state index contributed by atoms with van der Waals surface area (Å²) in [5.41, 5.74) is 0.163. The van der Waals surface area contributed by atoms with E-state index in [0.29, 0.717) is 0 Å². The molecule has 4 atom stereocenters. The van der Waals surface area contributed by atoms with E-state index >= 15 is 0 Å². The molecule has 1 aromatic carbocycles. The number of aldehydes is 1. The second kappa shape index (κ2) is 8.99. The van der Waals surface area contributed by atoms with Crippen LogP contribution >= 0.6 is 0 Å². The van der Waals surface area contributed by atoms with E-state index in [2.05, 4.69) is 5.32 Å². The first-order chi connectivity index (χ1) is 10.9. The summed E-state index contributed by atoms with van der Waals surface area (Å²) >= 11 is 0. The van der Waals surface area contributed by atoms with Gasteiger partial charge < -0.3 is 30.2 Å². The fourth-order valence-electron chi connectivity index (χ4n) is 1.88. The summed E-state index contributed by atoms with van der Waals surface area (Å²) in [5, 5.41) is 30.7. The number of benzene rings is 1.